The fourth-order valence-electron chi connectivity index (χ4n) is 2.63. The smallest absolute Gasteiger partial charge is 0.290 e. The predicted molar refractivity (Wildman–Crippen MR) is 103 cm³/mol. The van der Waals surface area contributed by atoms with Crippen LogP contribution in [0.1, 0.15) is 16.7 Å². The lowest BCUT2D eigenvalue weighted by molar-refractivity contribution is -0.684. The van der Waals surface area contributed by atoms with Crippen LogP contribution in [0.4, 0.5) is 5.69 Å². The lowest BCUT2D eigenvalue weighted by atomic mass is 10.1. The number of carbonyl (C=O) groups is 1. The average molecular weight is 432 g/mol. The topological polar surface area (TPSA) is 33.0 Å². The summed E-state index contributed by atoms with van der Waals surface area (Å²) in [4.78, 5) is 12.2. The molecule has 0 bridgehead atoms. The van der Waals surface area contributed by atoms with Gasteiger partial charge in [-0.3, -0.25) is 4.79 Å². The van der Waals surface area contributed by atoms with Crippen molar-refractivity contribution in [2.75, 3.05) is 5.32 Å². The molecule has 134 valence electrons. The van der Waals surface area contributed by atoms with Gasteiger partial charge in [0, 0.05) is 22.3 Å². The number of hydrogen-bond acceptors (Lipinski definition) is 1. The number of nitrogens with one attached hydrogen (secondary N) is 1. The SMILES string of the molecule is Cc1cc(NC(=O)C[n+]2ccc(Cc3ccccc3)cc2)ccc1Br.[Cl-]. The molecule has 5 heteroatoms. The molecule has 3 nitrogen and oxygen atoms in total. The molecule has 0 unspecified atom stereocenters. The average Bonchev–Trinajstić information content (AvgIpc) is 2.61. The van der Waals surface area contributed by atoms with Crippen LogP contribution < -0.4 is 22.3 Å². The Morgan fingerprint density at radius 2 is 1.65 bits per heavy atom. The summed E-state index contributed by atoms with van der Waals surface area (Å²) in [5.74, 6) is -0.0393. The molecule has 0 aliphatic rings. The zero-order valence-electron chi connectivity index (χ0n) is 14.5. The first kappa shape index (κ1) is 20.1. The Kier molecular flexibility index (Phi) is 7.37. The van der Waals surface area contributed by atoms with Crippen LogP contribution in [-0.4, -0.2) is 5.91 Å². The molecular formula is C21H20BrClN2O. The highest BCUT2D eigenvalue weighted by atomic mass is 79.9. The van der Waals surface area contributed by atoms with Gasteiger partial charge in [0.1, 0.15) is 0 Å². The number of carbonyl (C=O) groups excluding carboxylic acids is 1. The van der Waals surface area contributed by atoms with Crippen LogP contribution >= 0.6 is 15.9 Å². The number of pyridine rings is 1. The van der Waals surface area contributed by atoms with Gasteiger partial charge in [0.05, 0.1) is 0 Å². The summed E-state index contributed by atoms with van der Waals surface area (Å²) in [5.41, 5.74) is 4.41. The zero-order chi connectivity index (χ0) is 17.6. The van der Waals surface area contributed by atoms with E-state index < -0.39 is 0 Å². The number of amides is 1. The number of hydrogen-bond donors (Lipinski definition) is 1. The second-order valence-corrected chi connectivity index (χ2v) is 6.91. The third-order valence-corrected chi connectivity index (χ3v) is 4.87. The molecule has 0 aliphatic carbocycles. The van der Waals surface area contributed by atoms with Crippen molar-refractivity contribution in [1.29, 1.82) is 0 Å². The molecule has 3 rings (SSSR count). The van der Waals surface area contributed by atoms with Crippen LogP contribution in [0.5, 0.6) is 0 Å². The van der Waals surface area contributed by atoms with Crippen molar-refractivity contribution >= 4 is 27.5 Å². The molecule has 0 fully saturated rings. The Bertz CT molecular complexity index is 867. The van der Waals surface area contributed by atoms with Gasteiger partial charge in [-0.25, -0.2) is 0 Å². The molecule has 1 aromatic heterocycles. The third-order valence-electron chi connectivity index (χ3n) is 3.98. The second kappa shape index (κ2) is 9.51. The summed E-state index contributed by atoms with van der Waals surface area (Å²) in [6, 6.07) is 20.3. The van der Waals surface area contributed by atoms with Crippen molar-refractivity contribution in [1.82, 2.24) is 0 Å². The summed E-state index contributed by atoms with van der Waals surface area (Å²) in [5, 5.41) is 2.93. The van der Waals surface area contributed by atoms with Crippen LogP contribution in [-0.2, 0) is 17.8 Å². The highest BCUT2D eigenvalue weighted by Gasteiger charge is 2.10. The Morgan fingerprint density at radius 3 is 2.31 bits per heavy atom. The van der Waals surface area contributed by atoms with Gasteiger partial charge in [-0.05, 0) is 48.2 Å². The maximum atomic E-state index is 12.2. The maximum Gasteiger partial charge on any atom is 0.290 e. The van der Waals surface area contributed by atoms with E-state index in [0.717, 1.165) is 22.1 Å². The van der Waals surface area contributed by atoms with Crippen molar-refractivity contribution in [3.63, 3.8) is 0 Å². The minimum absolute atomic E-state index is 0. The Balaban J connectivity index is 0.00000243. The number of nitrogens with zero attached hydrogens (tertiary/aromatic N) is 1. The van der Waals surface area contributed by atoms with Crippen molar-refractivity contribution in [2.45, 2.75) is 19.9 Å². The van der Waals surface area contributed by atoms with Crippen molar-refractivity contribution in [3.8, 4) is 0 Å². The Morgan fingerprint density at radius 1 is 1.00 bits per heavy atom. The van der Waals surface area contributed by atoms with E-state index in [1.807, 2.05) is 60.3 Å². The van der Waals surface area contributed by atoms with E-state index in [9.17, 15) is 4.79 Å². The molecule has 0 radical (unpaired) electrons. The van der Waals surface area contributed by atoms with E-state index in [2.05, 4.69) is 45.5 Å². The van der Waals surface area contributed by atoms with Gasteiger partial charge >= 0.3 is 0 Å². The molecule has 1 amide bonds. The van der Waals surface area contributed by atoms with Gasteiger partial charge in [0.2, 0.25) is 6.54 Å². The molecule has 0 spiro atoms. The molecule has 0 saturated carbocycles. The van der Waals surface area contributed by atoms with Gasteiger partial charge in [-0.2, -0.15) is 4.57 Å². The van der Waals surface area contributed by atoms with Crippen LogP contribution in [0.2, 0.25) is 0 Å². The zero-order valence-corrected chi connectivity index (χ0v) is 16.8. The molecule has 26 heavy (non-hydrogen) atoms. The summed E-state index contributed by atoms with van der Waals surface area (Å²) >= 11 is 3.46. The van der Waals surface area contributed by atoms with Gasteiger partial charge in [-0.15, -0.1) is 0 Å². The molecule has 1 N–H and O–H groups in total. The number of benzene rings is 2. The molecule has 3 aromatic rings. The number of halogens is 2. The highest BCUT2D eigenvalue weighted by Crippen LogP contribution is 2.19. The largest absolute Gasteiger partial charge is 1.00 e. The first-order valence-electron chi connectivity index (χ1n) is 8.18. The van der Waals surface area contributed by atoms with Crippen LogP contribution in [0, 0.1) is 6.92 Å². The third kappa shape index (κ3) is 5.68. The number of aromatic nitrogens is 1. The lowest BCUT2D eigenvalue weighted by Crippen LogP contribution is -3.00. The quantitative estimate of drug-likeness (QED) is 0.607. The van der Waals surface area contributed by atoms with E-state index >= 15 is 0 Å². The fourth-order valence-corrected chi connectivity index (χ4v) is 2.88. The molecule has 0 aliphatic heterocycles. The summed E-state index contributed by atoms with van der Waals surface area (Å²) in [7, 11) is 0. The van der Waals surface area contributed by atoms with Gasteiger partial charge in [0.15, 0.2) is 12.4 Å². The molecule has 0 saturated heterocycles. The maximum absolute atomic E-state index is 12.2. The first-order chi connectivity index (χ1) is 12.1. The Labute approximate surface area is 168 Å². The molecule has 1 heterocycles. The van der Waals surface area contributed by atoms with E-state index in [0.29, 0.717) is 6.54 Å². The van der Waals surface area contributed by atoms with Gasteiger partial charge < -0.3 is 17.7 Å². The summed E-state index contributed by atoms with van der Waals surface area (Å²) in [6.45, 7) is 2.29. The molecular weight excluding hydrogens is 412 g/mol. The first-order valence-corrected chi connectivity index (χ1v) is 8.97. The number of anilines is 1. The highest BCUT2D eigenvalue weighted by molar-refractivity contribution is 9.10. The number of aryl methyl sites for hydroxylation is 1. The standard InChI is InChI=1S/C21H19BrN2O.ClH/c1-16-13-19(7-8-20(16)22)23-21(25)15-24-11-9-18(10-12-24)14-17-5-3-2-4-6-17;/h2-13H,14-15H2,1H3;1H. The van der Waals surface area contributed by atoms with E-state index in [1.165, 1.54) is 11.1 Å². The van der Waals surface area contributed by atoms with E-state index in [1.54, 1.807) is 0 Å². The van der Waals surface area contributed by atoms with Crippen LogP contribution in [0.15, 0.2) is 77.5 Å². The van der Waals surface area contributed by atoms with E-state index in [-0.39, 0.29) is 18.3 Å². The van der Waals surface area contributed by atoms with Crippen molar-refractivity contribution in [2.24, 2.45) is 0 Å². The normalized spacial score (nSPS) is 10.1. The minimum atomic E-state index is -0.0393. The Hall–Kier alpha value is -2.17. The van der Waals surface area contributed by atoms with Crippen LogP contribution in [0.3, 0.4) is 0 Å². The summed E-state index contributed by atoms with van der Waals surface area (Å²) < 4.78 is 2.92. The second-order valence-electron chi connectivity index (χ2n) is 6.05. The predicted octanol–water partition coefficient (Wildman–Crippen LogP) is 1.28. The monoisotopic (exact) mass is 430 g/mol. The van der Waals surface area contributed by atoms with Crippen LogP contribution in [0.25, 0.3) is 0 Å². The number of rotatable bonds is 5. The van der Waals surface area contributed by atoms with E-state index in [4.69, 9.17) is 0 Å². The summed E-state index contributed by atoms with van der Waals surface area (Å²) in [6.07, 6.45) is 4.79. The fraction of sp³-hybridized carbons (Fsp3) is 0.143. The van der Waals surface area contributed by atoms with Crippen molar-refractivity contribution in [3.05, 3.63) is 94.2 Å². The van der Waals surface area contributed by atoms with Crippen molar-refractivity contribution < 1.29 is 21.8 Å². The van der Waals surface area contributed by atoms with Gasteiger partial charge in [-0.1, -0.05) is 46.3 Å². The van der Waals surface area contributed by atoms with Gasteiger partial charge in [0.25, 0.3) is 5.91 Å². The minimum Gasteiger partial charge on any atom is -1.00 e. The molecule has 2 aromatic carbocycles. The lowest BCUT2D eigenvalue weighted by Gasteiger charge is -2.06. The molecule has 0 atom stereocenters.